The van der Waals surface area contributed by atoms with Gasteiger partial charge in [0.05, 0.1) is 10.9 Å². The molecule has 148 valence electrons. The van der Waals surface area contributed by atoms with Crippen molar-refractivity contribution in [1.82, 2.24) is 4.31 Å². The lowest BCUT2D eigenvalue weighted by Crippen LogP contribution is -2.40. The fraction of sp³-hybridized carbons (Fsp3) is 0.611. The summed E-state index contributed by atoms with van der Waals surface area (Å²) in [5.74, 6) is -0.311. The molecule has 0 bridgehead atoms. The van der Waals surface area contributed by atoms with E-state index in [0.29, 0.717) is 5.69 Å². The molecule has 0 unspecified atom stereocenters. The van der Waals surface area contributed by atoms with Gasteiger partial charge in [-0.3, -0.25) is 4.79 Å². The predicted molar refractivity (Wildman–Crippen MR) is 107 cm³/mol. The molecule has 8 heteroatoms. The maximum atomic E-state index is 12.9. The molecule has 0 heterocycles. The second-order valence-corrected chi connectivity index (χ2v) is 9.10. The molecule has 1 fully saturated rings. The summed E-state index contributed by atoms with van der Waals surface area (Å²) in [7, 11) is -1.94. The summed E-state index contributed by atoms with van der Waals surface area (Å²) >= 11 is 0. The Morgan fingerprint density at radius 2 is 1.85 bits per heavy atom. The smallest absolute Gasteiger partial charge is 0.243 e. The average Bonchev–Trinajstić information content (AvgIpc) is 2.61. The van der Waals surface area contributed by atoms with Gasteiger partial charge in [0.2, 0.25) is 15.9 Å². The number of anilines is 1. The molecule has 6 nitrogen and oxygen atoms in total. The Balaban J connectivity index is 0.00000338. The standard InChI is InChI=1S/C18H29N3O3S.ClH/c1-13(2)17(19)18(22)20-14-8-7-11-16(12-14)25(23,24)21(3)15-9-5-4-6-10-15;/h7-8,11-13,15,17H,4-6,9-10,19H2,1-3H3,(H,20,22);1H/t17-;/m0./s1. The van der Waals surface area contributed by atoms with Crippen molar-refractivity contribution >= 4 is 34.0 Å². The van der Waals surface area contributed by atoms with E-state index in [1.54, 1.807) is 25.2 Å². The fourth-order valence-corrected chi connectivity index (χ4v) is 4.53. The van der Waals surface area contributed by atoms with Crippen molar-refractivity contribution in [2.45, 2.75) is 62.9 Å². The van der Waals surface area contributed by atoms with Crippen LogP contribution in [0.4, 0.5) is 5.69 Å². The summed E-state index contributed by atoms with van der Waals surface area (Å²) in [4.78, 5) is 12.3. The summed E-state index contributed by atoms with van der Waals surface area (Å²) in [5.41, 5.74) is 6.28. The zero-order valence-electron chi connectivity index (χ0n) is 15.6. The summed E-state index contributed by atoms with van der Waals surface area (Å²) in [6, 6.07) is 5.78. The van der Waals surface area contributed by atoms with E-state index < -0.39 is 16.1 Å². The molecule has 1 aliphatic rings. The number of benzene rings is 1. The van der Waals surface area contributed by atoms with Crippen molar-refractivity contribution in [2.24, 2.45) is 11.7 Å². The van der Waals surface area contributed by atoms with Gasteiger partial charge in [-0.1, -0.05) is 39.2 Å². The highest BCUT2D eigenvalue weighted by Crippen LogP contribution is 2.27. The Hall–Kier alpha value is -1.15. The second kappa shape index (κ2) is 9.69. The van der Waals surface area contributed by atoms with Crippen molar-refractivity contribution in [3.05, 3.63) is 24.3 Å². The summed E-state index contributed by atoms with van der Waals surface area (Å²) in [6.07, 6.45) is 5.09. The van der Waals surface area contributed by atoms with E-state index in [2.05, 4.69) is 5.32 Å². The van der Waals surface area contributed by atoms with Crippen molar-refractivity contribution < 1.29 is 13.2 Å². The Morgan fingerprint density at radius 1 is 1.23 bits per heavy atom. The van der Waals surface area contributed by atoms with Gasteiger partial charge in [0, 0.05) is 18.8 Å². The van der Waals surface area contributed by atoms with Gasteiger partial charge in [0.25, 0.3) is 0 Å². The third-order valence-corrected chi connectivity index (χ3v) is 6.79. The van der Waals surface area contributed by atoms with Gasteiger partial charge >= 0.3 is 0 Å². The van der Waals surface area contributed by atoms with Crippen LogP contribution in [0.5, 0.6) is 0 Å². The third kappa shape index (κ3) is 5.42. The van der Waals surface area contributed by atoms with Crippen LogP contribution in [-0.4, -0.2) is 37.8 Å². The highest BCUT2D eigenvalue weighted by atomic mass is 35.5. The maximum absolute atomic E-state index is 12.9. The Labute approximate surface area is 163 Å². The fourth-order valence-electron chi connectivity index (χ4n) is 3.07. The zero-order valence-corrected chi connectivity index (χ0v) is 17.3. The largest absolute Gasteiger partial charge is 0.325 e. The van der Waals surface area contributed by atoms with Gasteiger partial charge in [-0.15, -0.1) is 12.4 Å². The molecule has 0 aliphatic heterocycles. The van der Waals surface area contributed by atoms with Crippen LogP contribution in [0.2, 0.25) is 0 Å². The topological polar surface area (TPSA) is 92.5 Å². The monoisotopic (exact) mass is 403 g/mol. The van der Waals surface area contributed by atoms with E-state index in [9.17, 15) is 13.2 Å². The van der Waals surface area contributed by atoms with Gasteiger partial charge in [-0.25, -0.2) is 8.42 Å². The molecule has 0 saturated heterocycles. The minimum Gasteiger partial charge on any atom is -0.325 e. The molecule has 0 aromatic heterocycles. The van der Waals surface area contributed by atoms with Crippen LogP contribution in [0.3, 0.4) is 0 Å². The van der Waals surface area contributed by atoms with E-state index in [-0.39, 0.29) is 35.2 Å². The molecule has 3 N–H and O–H groups in total. The second-order valence-electron chi connectivity index (χ2n) is 7.10. The van der Waals surface area contributed by atoms with Gasteiger partial charge in [0.15, 0.2) is 0 Å². The number of carbonyl (C=O) groups excluding carboxylic acids is 1. The number of hydrogen-bond donors (Lipinski definition) is 2. The minimum absolute atomic E-state index is 0. The highest BCUT2D eigenvalue weighted by molar-refractivity contribution is 7.89. The van der Waals surface area contributed by atoms with Crippen LogP contribution in [0.1, 0.15) is 46.0 Å². The summed E-state index contributed by atoms with van der Waals surface area (Å²) < 4.78 is 27.3. The molecule has 1 saturated carbocycles. The first-order valence-corrected chi connectivity index (χ1v) is 10.3. The number of hydrogen-bond acceptors (Lipinski definition) is 4. The number of halogens is 1. The normalized spacial score (nSPS) is 17.0. The van der Waals surface area contributed by atoms with Crippen molar-refractivity contribution in [2.75, 3.05) is 12.4 Å². The minimum atomic E-state index is -3.58. The predicted octanol–water partition coefficient (Wildman–Crippen LogP) is 2.98. The number of nitrogens with two attached hydrogens (primary N) is 1. The molecule has 1 aliphatic carbocycles. The first-order valence-electron chi connectivity index (χ1n) is 8.88. The number of nitrogens with zero attached hydrogens (tertiary/aromatic N) is 1. The first kappa shape index (κ1) is 22.9. The van der Waals surface area contributed by atoms with Crippen LogP contribution in [0.25, 0.3) is 0 Å². The van der Waals surface area contributed by atoms with Crippen LogP contribution in [0.15, 0.2) is 29.2 Å². The van der Waals surface area contributed by atoms with Crippen molar-refractivity contribution in [3.63, 3.8) is 0 Å². The van der Waals surface area contributed by atoms with Gasteiger partial charge in [-0.2, -0.15) is 4.31 Å². The Kier molecular flexibility index (Phi) is 8.53. The zero-order chi connectivity index (χ0) is 18.6. The van der Waals surface area contributed by atoms with Gasteiger partial charge in [0.1, 0.15) is 0 Å². The molecule has 1 atom stereocenters. The van der Waals surface area contributed by atoms with E-state index in [4.69, 9.17) is 5.73 Å². The third-order valence-electron chi connectivity index (χ3n) is 4.89. The first-order chi connectivity index (χ1) is 11.7. The molecule has 1 amide bonds. The van der Waals surface area contributed by atoms with Crippen LogP contribution < -0.4 is 11.1 Å². The van der Waals surface area contributed by atoms with Crippen LogP contribution in [-0.2, 0) is 14.8 Å². The summed E-state index contributed by atoms with van der Waals surface area (Å²) in [6.45, 7) is 3.73. The molecular formula is C18H30ClN3O3S. The van der Waals surface area contributed by atoms with E-state index in [0.717, 1.165) is 25.7 Å². The van der Waals surface area contributed by atoms with E-state index in [1.807, 2.05) is 13.8 Å². The lowest BCUT2D eigenvalue weighted by Gasteiger charge is -2.30. The molecule has 1 aromatic rings. The molecule has 0 spiro atoms. The average molecular weight is 404 g/mol. The number of rotatable bonds is 6. The number of carbonyl (C=O) groups is 1. The van der Waals surface area contributed by atoms with Crippen LogP contribution >= 0.6 is 12.4 Å². The quantitative estimate of drug-likeness (QED) is 0.763. The summed E-state index contributed by atoms with van der Waals surface area (Å²) in [5, 5.41) is 2.71. The number of nitrogens with one attached hydrogen (secondary N) is 1. The molecule has 0 radical (unpaired) electrons. The lowest BCUT2D eigenvalue weighted by atomic mass is 9.96. The Morgan fingerprint density at radius 3 is 2.42 bits per heavy atom. The van der Waals surface area contributed by atoms with Gasteiger partial charge < -0.3 is 11.1 Å². The molecule has 2 rings (SSSR count). The van der Waals surface area contributed by atoms with Crippen molar-refractivity contribution in [1.29, 1.82) is 0 Å². The maximum Gasteiger partial charge on any atom is 0.243 e. The highest BCUT2D eigenvalue weighted by Gasteiger charge is 2.29. The van der Waals surface area contributed by atoms with Crippen molar-refractivity contribution in [3.8, 4) is 0 Å². The SMILES string of the molecule is CC(C)[C@H](N)C(=O)Nc1cccc(S(=O)(=O)N(C)C2CCCCC2)c1.Cl. The number of sulfonamides is 1. The van der Waals surface area contributed by atoms with Gasteiger partial charge in [-0.05, 0) is 37.0 Å². The van der Waals surface area contributed by atoms with E-state index in [1.165, 1.54) is 16.8 Å². The van der Waals surface area contributed by atoms with E-state index >= 15 is 0 Å². The molecule has 1 aromatic carbocycles. The lowest BCUT2D eigenvalue weighted by molar-refractivity contribution is -0.118. The van der Waals surface area contributed by atoms with Crippen LogP contribution in [0, 0.1) is 5.92 Å². The number of amides is 1. The molecule has 26 heavy (non-hydrogen) atoms. The molecular weight excluding hydrogens is 374 g/mol. The Bertz CT molecular complexity index is 703.